The Morgan fingerprint density at radius 2 is 2.00 bits per heavy atom. The molecule has 0 aliphatic carbocycles. The summed E-state index contributed by atoms with van der Waals surface area (Å²) in [6, 6.07) is 8.61. The molecule has 3 aromatic heterocycles. The normalized spacial score (nSPS) is 11.3. The molecule has 0 unspecified atom stereocenters. The molecule has 32 heavy (non-hydrogen) atoms. The summed E-state index contributed by atoms with van der Waals surface area (Å²) in [5.41, 5.74) is 0.897. The molecule has 1 amide bonds. The van der Waals surface area contributed by atoms with Crippen LogP contribution in [0, 0.1) is 6.92 Å². The van der Waals surface area contributed by atoms with E-state index in [9.17, 15) is 14.4 Å². The Kier molecular flexibility index (Phi) is 5.39. The van der Waals surface area contributed by atoms with E-state index in [2.05, 4.69) is 30.8 Å². The standard InChI is InChI=1S/C21H22N8O3/c1-5-28-18-17(20(31)24-21(28)32)15(10-16(23-18)11(2)3)19(30)22-13-7-6-8-14(9-13)29-12(4)25-26-27-29/h6-11H,5H2,1-4H3,(H,22,30)(H,24,31,32). The fourth-order valence-corrected chi connectivity index (χ4v) is 3.45. The number of pyridine rings is 1. The lowest BCUT2D eigenvalue weighted by molar-refractivity contribution is 0.102. The molecule has 0 spiro atoms. The fourth-order valence-electron chi connectivity index (χ4n) is 3.45. The highest BCUT2D eigenvalue weighted by Gasteiger charge is 2.20. The summed E-state index contributed by atoms with van der Waals surface area (Å²) >= 11 is 0. The fraction of sp³-hybridized carbons (Fsp3) is 0.286. The van der Waals surface area contributed by atoms with Crippen LogP contribution in [0.5, 0.6) is 0 Å². The molecule has 3 heterocycles. The second-order valence-electron chi connectivity index (χ2n) is 7.59. The number of aryl methyl sites for hydroxylation is 2. The number of hydrogen-bond donors (Lipinski definition) is 2. The second-order valence-corrected chi connectivity index (χ2v) is 7.59. The third-order valence-corrected chi connectivity index (χ3v) is 5.09. The van der Waals surface area contributed by atoms with Gasteiger partial charge in [0.2, 0.25) is 0 Å². The minimum absolute atomic E-state index is 0.0169. The van der Waals surface area contributed by atoms with E-state index in [1.54, 1.807) is 42.8 Å². The van der Waals surface area contributed by atoms with Crippen molar-refractivity contribution < 1.29 is 4.79 Å². The second kappa shape index (κ2) is 8.17. The molecule has 0 atom stereocenters. The van der Waals surface area contributed by atoms with Gasteiger partial charge in [0, 0.05) is 17.9 Å². The molecular weight excluding hydrogens is 412 g/mol. The predicted molar refractivity (Wildman–Crippen MR) is 118 cm³/mol. The number of carbonyl (C=O) groups excluding carboxylic acids is 1. The number of rotatable bonds is 5. The summed E-state index contributed by atoms with van der Waals surface area (Å²) in [6.45, 7) is 7.69. The zero-order chi connectivity index (χ0) is 23.0. The Labute approximate surface area is 182 Å². The van der Waals surface area contributed by atoms with Crippen LogP contribution in [-0.2, 0) is 6.54 Å². The minimum atomic E-state index is -0.652. The SMILES string of the molecule is CCn1c(=O)[nH]c(=O)c2c(C(=O)Nc3cccc(-n4nnnc4C)c3)cc(C(C)C)nc21. The predicted octanol–water partition coefficient (Wildman–Crippen LogP) is 1.76. The summed E-state index contributed by atoms with van der Waals surface area (Å²) < 4.78 is 2.89. The van der Waals surface area contributed by atoms with E-state index < -0.39 is 17.2 Å². The van der Waals surface area contributed by atoms with Crippen LogP contribution in [0.1, 0.15) is 48.6 Å². The molecule has 1 aromatic carbocycles. The average Bonchev–Trinajstić information content (AvgIpc) is 3.19. The van der Waals surface area contributed by atoms with Crippen LogP contribution in [0.15, 0.2) is 39.9 Å². The molecule has 0 aliphatic rings. The van der Waals surface area contributed by atoms with Gasteiger partial charge in [0.1, 0.15) is 0 Å². The van der Waals surface area contributed by atoms with Crippen LogP contribution in [-0.4, -0.2) is 40.6 Å². The van der Waals surface area contributed by atoms with Gasteiger partial charge in [-0.2, -0.15) is 4.68 Å². The highest BCUT2D eigenvalue weighted by Crippen LogP contribution is 2.22. The maximum Gasteiger partial charge on any atom is 0.329 e. The molecule has 0 fully saturated rings. The topological polar surface area (TPSA) is 140 Å². The molecule has 0 radical (unpaired) electrons. The van der Waals surface area contributed by atoms with E-state index in [4.69, 9.17) is 0 Å². The number of amides is 1. The van der Waals surface area contributed by atoms with E-state index in [0.29, 0.717) is 29.4 Å². The van der Waals surface area contributed by atoms with Gasteiger partial charge in [-0.3, -0.25) is 19.1 Å². The summed E-state index contributed by atoms with van der Waals surface area (Å²) in [5, 5.41) is 14.3. The molecule has 0 saturated carbocycles. The Morgan fingerprint density at radius 3 is 2.66 bits per heavy atom. The molecule has 11 heteroatoms. The van der Waals surface area contributed by atoms with Crippen molar-refractivity contribution in [2.45, 2.75) is 40.2 Å². The number of tetrazole rings is 1. The van der Waals surface area contributed by atoms with Crippen molar-refractivity contribution in [1.29, 1.82) is 0 Å². The van der Waals surface area contributed by atoms with E-state index in [1.807, 2.05) is 19.9 Å². The Morgan fingerprint density at radius 1 is 1.22 bits per heavy atom. The van der Waals surface area contributed by atoms with E-state index >= 15 is 0 Å². The average molecular weight is 434 g/mol. The van der Waals surface area contributed by atoms with Crippen molar-refractivity contribution in [3.8, 4) is 5.69 Å². The summed E-state index contributed by atoms with van der Waals surface area (Å²) in [6.07, 6.45) is 0. The number of nitrogens with zero attached hydrogens (tertiary/aromatic N) is 6. The quantitative estimate of drug-likeness (QED) is 0.488. The zero-order valence-corrected chi connectivity index (χ0v) is 18.1. The molecule has 4 rings (SSSR count). The molecular formula is C21H22N8O3. The third kappa shape index (κ3) is 3.68. The number of carbonyl (C=O) groups is 1. The van der Waals surface area contributed by atoms with Gasteiger partial charge in [-0.05, 0) is 54.5 Å². The van der Waals surface area contributed by atoms with Crippen molar-refractivity contribution in [2.24, 2.45) is 0 Å². The summed E-state index contributed by atoms with van der Waals surface area (Å²) in [7, 11) is 0. The van der Waals surface area contributed by atoms with Crippen LogP contribution < -0.4 is 16.6 Å². The van der Waals surface area contributed by atoms with Gasteiger partial charge in [0.25, 0.3) is 11.5 Å². The molecule has 2 N–H and O–H groups in total. The zero-order valence-electron chi connectivity index (χ0n) is 18.1. The lowest BCUT2D eigenvalue weighted by atomic mass is 10.0. The van der Waals surface area contributed by atoms with Gasteiger partial charge in [0.05, 0.1) is 16.6 Å². The van der Waals surface area contributed by atoms with Crippen LogP contribution in [0.3, 0.4) is 0 Å². The Balaban J connectivity index is 1.83. The number of nitrogens with one attached hydrogen (secondary N) is 2. The first-order chi connectivity index (χ1) is 15.3. The molecule has 0 bridgehead atoms. The summed E-state index contributed by atoms with van der Waals surface area (Å²) in [4.78, 5) is 45.0. The van der Waals surface area contributed by atoms with Crippen molar-refractivity contribution in [3.63, 3.8) is 0 Å². The smallest absolute Gasteiger partial charge is 0.322 e. The van der Waals surface area contributed by atoms with Gasteiger partial charge in [0.15, 0.2) is 11.5 Å². The van der Waals surface area contributed by atoms with Gasteiger partial charge < -0.3 is 5.32 Å². The lowest BCUT2D eigenvalue weighted by Gasteiger charge is -2.14. The molecule has 0 saturated heterocycles. The monoisotopic (exact) mass is 434 g/mol. The van der Waals surface area contributed by atoms with Gasteiger partial charge in [-0.1, -0.05) is 19.9 Å². The van der Waals surface area contributed by atoms with E-state index in [1.165, 1.54) is 4.57 Å². The number of H-pyrrole nitrogens is 1. The number of fused-ring (bicyclic) bond motifs is 1. The number of benzene rings is 1. The largest absolute Gasteiger partial charge is 0.329 e. The molecule has 11 nitrogen and oxygen atoms in total. The number of hydrogen-bond acceptors (Lipinski definition) is 7. The first-order valence-corrected chi connectivity index (χ1v) is 10.1. The molecule has 0 aliphatic heterocycles. The third-order valence-electron chi connectivity index (χ3n) is 5.09. The lowest BCUT2D eigenvalue weighted by Crippen LogP contribution is -2.32. The van der Waals surface area contributed by atoms with Gasteiger partial charge in [-0.25, -0.2) is 9.78 Å². The van der Waals surface area contributed by atoms with Gasteiger partial charge >= 0.3 is 5.69 Å². The van der Waals surface area contributed by atoms with E-state index in [0.717, 1.165) is 0 Å². The molecule has 4 aromatic rings. The highest BCUT2D eigenvalue weighted by molar-refractivity contribution is 6.11. The maximum absolute atomic E-state index is 13.3. The minimum Gasteiger partial charge on any atom is -0.322 e. The maximum atomic E-state index is 13.3. The molecule has 164 valence electrons. The Bertz CT molecular complexity index is 1450. The van der Waals surface area contributed by atoms with Crippen molar-refractivity contribution >= 4 is 22.6 Å². The van der Waals surface area contributed by atoms with Crippen molar-refractivity contribution in [1.82, 2.24) is 34.7 Å². The van der Waals surface area contributed by atoms with Crippen molar-refractivity contribution in [3.05, 3.63) is 68.3 Å². The number of anilines is 1. The highest BCUT2D eigenvalue weighted by atomic mass is 16.2. The van der Waals surface area contributed by atoms with Crippen molar-refractivity contribution in [2.75, 3.05) is 5.32 Å². The van der Waals surface area contributed by atoms with Crippen LogP contribution in [0.25, 0.3) is 16.7 Å². The van der Waals surface area contributed by atoms with Crippen LogP contribution in [0.2, 0.25) is 0 Å². The number of aromatic amines is 1. The number of aromatic nitrogens is 7. The van der Waals surface area contributed by atoms with Crippen LogP contribution >= 0.6 is 0 Å². The van der Waals surface area contributed by atoms with Gasteiger partial charge in [-0.15, -0.1) is 5.10 Å². The first-order valence-electron chi connectivity index (χ1n) is 10.1. The van der Waals surface area contributed by atoms with E-state index in [-0.39, 0.29) is 22.5 Å². The summed E-state index contributed by atoms with van der Waals surface area (Å²) in [5.74, 6) is 0.0905. The Hall–Kier alpha value is -4.15. The van der Waals surface area contributed by atoms with Crippen LogP contribution in [0.4, 0.5) is 5.69 Å². The first kappa shape index (κ1) is 21.1.